The number of halogens is 2. The van der Waals surface area contributed by atoms with Crippen LogP contribution in [-0.4, -0.2) is 23.2 Å². The molecule has 3 aromatic rings. The van der Waals surface area contributed by atoms with Crippen LogP contribution < -0.4 is 4.74 Å². The summed E-state index contributed by atoms with van der Waals surface area (Å²) in [7, 11) is 1.47. The second kappa shape index (κ2) is 5.85. The van der Waals surface area contributed by atoms with Crippen molar-refractivity contribution in [1.82, 2.24) is 4.98 Å². The van der Waals surface area contributed by atoms with Gasteiger partial charge in [-0.3, -0.25) is 4.98 Å². The van der Waals surface area contributed by atoms with Crippen LogP contribution in [0.4, 0.5) is 4.39 Å². The van der Waals surface area contributed by atoms with Gasteiger partial charge in [-0.15, -0.1) is 0 Å². The molecule has 0 saturated heterocycles. The maximum Gasteiger partial charge on any atom is 0.335 e. The Morgan fingerprint density at radius 3 is 2.70 bits per heavy atom. The van der Waals surface area contributed by atoms with Gasteiger partial charge in [-0.05, 0) is 30.3 Å². The molecule has 1 N–H and O–H groups in total. The zero-order valence-electron chi connectivity index (χ0n) is 12.0. The third-order valence-corrected chi connectivity index (χ3v) is 3.80. The molecule has 2 aromatic carbocycles. The van der Waals surface area contributed by atoms with E-state index in [9.17, 15) is 14.3 Å². The number of hydrogen-bond acceptors (Lipinski definition) is 3. The number of benzene rings is 2. The van der Waals surface area contributed by atoms with E-state index < -0.39 is 11.8 Å². The summed E-state index contributed by atoms with van der Waals surface area (Å²) in [5, 5.41) is 10.7. The molecular weight excluding hydrogens is 321 g/mol. The summed E-state index contributed by atoms with van der Waals surface area (Å²) in [5.41, 5.74) is 0.929. The number of aromatic carboxylic acids is 1. The second-order valence-corrected chi connectivity index (χ2v) is 5.27. The maximum atomic E-state index is 13.7. The van der Waals surface area contributed by atoms with E-state index in [0.717, 1.165) is 0 Å². The van der Waals surface area contributed by atoms with E-state index in [-0.39, 0.29) is 5.56 Å². The predicted octanol–water partition coefficient (Wildman–Crippen LogP) is 4.40. The van der Waals surface area contributed by atoms with Gasteiger partial charge in [0, 0.05) is 22.5 Å². The number of carboxylic acid groups (broad SMARTS) is 1. The summed E-state index contributed by atoms with van der Waals surface area (Å²) in [4.78, 5) is 15.5. The Hall–Kier alpha value is -2.66. The Bertz CT molecular complexity index is 927. The van der Waals surface area contributed by atoms with E-state index in [0.29, 0.717) is 32.8 Å². The molecule has 116 valence electrons. The summed E-state index contributed by atoms with van der Waals surface area (Å²) >= 11 is 6.14. The van der Waals surface area contributed by atoms with Crippen LogP contribution in [0.15, 0.2) is 42.6 Å². The minimum atomic E-state index is -1.07. The molecular formula is C17H11ClFNO3. The molecule has 6 heteroatoms. The Labute approximate surface area is 136 Å². The van der Waals surface area contributed by atoms with Crippen molar-refractivity contribution in [1.29, 1.82) is 0 Å². The van der Waals surface area contributed by atoms with Gasteiger partial charge in [-0.25, -0.2) is 9.18 Å². The van der Waals surface area contributed by atoms with Crippen LogP contribution in [0.5, 0.6) is 5.75 Å². The highest BCUT2D eigenvalue weighted by atomic mass is 35.5. The quantitative estimate of drug-likeness (QED) is 0.772. The number of carboxylic acids is 1. The van der Waals surface area contributed by atoms with Gasteiger partial charge in [0.2, 0.25) is 0 Å². The average molecular weight is 332 g/mol. The summed E-state index contributed by atoms with van der Waals surface area (Å²) in [6.45, 7) is 0. The Balaban J connectivity index is 2.37. The normalized spacial score (nSPS) is 10.7. The highest BCUT2D eigenvalue weighted by molar-refractivity contribution is 6.35. The van der Waals surface area contributed by atoms with Crippen LogP contribution in [0.25, 0.3) is 22.0 Å². The molecule has 3 rings (SSSR count). The fourth-order valence-electron chi connectivity index (χ4n) is 2.42. The molecule has 0 aliphatic carbocycles. The third kappa shape index (κ3) is 2.71. The van der Waals surface area contributed by atoms with Crippen molar-refractivity contribution in [3.05, 3.63) is 59.0 Å². The summed E-state index contributed by atoms with van der Waals surface area (Å²) in [6, 6.07) is 8.61. The largest absolute Gasteiger partial charge is 0.496 e. The lowest BCUT2D eigenvalue weighted by atomic mass is 10.0. The maximum absolute atomic E-state index is 13.7. The van der Waals surface area contributed by atoms with Crippen LogP contribution in [0.1, 0.15) is 10.4 Å². The van der Waals surface area contributed by atoms with Gasteiger partial charge in [-0.2, -0.15) is 0 Å². The van der Waals surface area contributed by atoms with Gasteiger partial charge in [0.25, 0.3) is 0 Å². The first kappa shape index (κ1) is 15.2. The molecule has 0 fully saturated rings. The van der Waals surface area contributed by atoms with Crippen molar-refractivity contribution >= 4 is 28.3 Å². The van der Waals surface area contributed by atoms with Crippen LogP contribution in [-0.2, 0) is 0 Å². The lowest BCUT2D eigenvalue weighted by Gasteiger charge is -2.12. The van der Waals surface area contributed by atoms with E-state index in [1.807, 2.05) is 0 Å². The molecule has 4 nitrogen and oxygen atoms in total. The SMILES string of the molecule is COc1ccc(F)cc1-c1ncc(Cl)c2ccc(C(=O)O)cc12. The molecule has 0 aliphatic rings. The number of hydrogen-bond donors (Lipinski definition) is 1. The highest BCUT2D eigenvalue weighted by Crippen LogP contribution is 2.36. The van der Waals surface area contributed by atoms with E-state index in [4.69, 9.17) is 16.3 Å². The number of ether oxygens (including phenoxy) is 1. The Kier molecular flexibility index (Phi) is 3.88. The van der Waals surface area contributed by atoms with E-state index in [2.05, 4.69) is 4.98 Å². The second-order valence-electron chi connectivity index (χ2n) is 4.86. The van der Waals surface area contributed by atoms with E-state index in [1.54, 1.807) is 6.07 Å². The zero-order chi connectivity index (χ0) is 16.6. The zero-order valence-corrected chi connectivity index (χ0v) is 12.8. The van der Waals surface area contributed by atoms with Gasteiger partial charge in [0.15, 0.2) is 0 Å². The fraction of sp³-hybridized carbons (Fsp3) is 0.0588. The van der Waals surface area contributed by atoms with Crippen LogP contribution in [0.2, 0.25) is 5.02 Å². The van der Waals surface area contributed by atoms with Crippen molar-refractivity contribution in [3.8, 4) is 17.0 Å². The topological polar surface area (TPSA) is 59.4 Å². The summed E-state index contributed by atoms with van der Waals surface area (Å²) in [6.07, 6.45) is 1.45. The number of carbonyl (C=O) groups is 1. The third-order valence-electron chi connectivity index (χ3n) is 3.50. The number of fused-ring (bicyclic) bond motifs is 1. The van der Waals surface area contributed by atoms with Gasteiger partial charge in [0.05, 0.1) is 23.4 Å². The molecule has 0 atom stereocenters. The lowest BCUT2D eigenvalue weighted by Crippen LogP contribution is -1.98. The molecule has 1 aromatic heterocycles. The average Bonchev–Trinajstić information content (AvgIpc) is 2.55. The first-order valence-electron chi connectivity index (χ1n) is 6.66. The Morgan fingerprint density at radius 2 is 2.00 bits per heavy atom. The fourth-order valence-corrected chi connectivity index (χ4v) is 2.64. The number of methoxy groups -OCH3 is 1. The first-order chi connectivity index (χ1) is 11.0. The van der Waals surface area contributed by atoms with Gasteiger partial charge in [-0.1, -0.05) is 17.7 Å². The minimum absolute atomic E-state index is 0.0955. The smallest absolute Gasteiger partial charge is 0.335 e. The number of rotatable bonds is 3. The molecule has 0 unspecified atom stereocenters. The van der Waals surface area contributed by atoms with E-state index >= 15 is 0 Å². The molecule has 0 bridgehead atoms. The molecule has 23 heavy (non-hydrogen) atoms. The number of pyridine rings is 1. The van der Waals surface area contributed by atoms with Gasteiger partial charge in [0.1, 0.15) is 11.6 Å². The standard InChI is InChI=1S/C17H11ClFNO3/c1-23-15-5-3-10(19)7-13(15)16-12-6-9(17(21)22)2-4-11(12)14(18)8-20-16/h2-8H,1H3,(H,21,22). The number of aromatic nitrogens is 1. The monoisotopic (exact) mass is 331 g/mol. The molecule has 0 aliphatic heterocycles. The van der Waals surface area contributed by atoms with Crippen molar-refractivity contribution < 1.29 is 19.0 Å². The molecule has 1 heterocycles. The van der Waals surface area contributed by atoms with Crippen molar-refractivity contribution in [3.63, 3.8) is 0 Å². The van der Waals surface area contributed by atoms with Gasteiger partial charge >= 0.3 is 5.97 Å². The first-order valence-corrected chi connectivity index (χ1v) is 7.04. The van der Waals surface area contributed by atoms with Gasteiger partial charge < -0.3 is 9.84 Å². The molecule has 0 amide bonds. The van der Waals surface area contributed by atoms with Crippen LogP contribution in [0.3, 0.4) is 0 Å². The number of nitrogens with zero attached hydrogens (tertiary/aromatic N) is 1. The van der Waals surface area contributed by atoms with Crippen molar-refractivity contribution in [2.45, 2.75) is 0 Å². The highest BCUT2D eigenvalue weighted by Gasteiger charge is 2.15. The van der Waals surface area contributed by atoms with Crippen molar-refractivity contribution in [2.24, 2.45) is 0 Å². The van der Waals surface area contributed by atoms with Crippen LogP contribution >= 0.6 is 11.6 Å². The van der Waals surface area contributed by atoms with Crippen molar-refractivity contribution in [2.75, 3.05) is 7.11 Å². The summed E-state index contributed by atoms with van der Waals surface area (Å²) in [5.74, 6) is -1.08. The summed E-state index contributed by atoms with van der Waals surface area (Å²) < 4.78 is 18.9. The Morgan fingerprint density at radius 1 is 1.22 bits per heavy atom. The predicted molar refractivity (Wildman–Crippen MR) is 85.7 cm³/mol. The van der Waals surface area contributed by atoms with E-state index in [1.165, 1.54) is 43.6 Å². The minimum Gasteiger partial charge on any atom is -0.496 e. The molecule has 0 radical (unpaired) electrons. The molecule has 0 saturated carbocycles. The lowest BCUT2D eigenvalue weighted by molar-refractivity contribution is 0.0697. The van der Waals surface area contributed by atoms with Crippen LogP contribution in [0, 0.1) is 5.82 Å². The molecule has 0 spiro atoms.